The van der Waals surface area contributed by atoms with Crippen LogP contribution in [0, 0.1) is 17.1 Å². The minimum atomic E-state index is -0.704. The maximum Gasteiger partial charge on any atom is 0.410 e. The van der Waals surface area contributed by atoms with E-state index in [4.69, 9.17) is 9.47 Å². The molecule has 5 heterocycles. The zero-order valence-electron chi connectivity index (χ0n) is 22.3. The van der Waals surface area contributed by atoms with Crippen molar-refractivity contribution < 1.29 is 18.7 Å². The molecule has 0 aliphatic carbocycles. The Morgan fingerprint density at radius 2 is 1.95 bits per heavy atom. The molecule has 1 aliphatic rings. The van der Waals surface area contributed by atoms with Crippen molar-refractivity contribution in [3.63, 3.8) is 0 Å². The Kier molecular flexibility index (Phi) is 6.95. The average Bonchev–Trinajstić information content (AvgIpc) is 3.56. The molecule has 5 rings (SSSR count). The normalized spacial score (nSPS) is 15.2. The lowest BCUT2D eigenvalue weighted by Crippen LogP contribution is -2.42. The molecule has 10 nitrogen and oxygen atoms in total. The first-order valence-corrected chi connectivity index (χ1v) is 12.8. The molecule has 0 radical (unpaired) electrons. The minimum Gasteiger partial charge on any atom is -0.482 e. The highest BCUT2D eigenvalue weighted by Gasteiger charge is 2.28. The van der Waals surface area contributed by atoms with Gasteiger partial charge in [0.1, 0.15) is 46.1 Å². The van der Waals surface area contributed by atoms with E-state index in [0.29, 0.717) is 29.9 Å². The molecule has 0 unspecified atom stereocenters. The van der Waals surface area contributed by atoms with Crippen LogP contribution in [0.3, 0.4) is 0 Å². The van der Waals surface area contributed by atoms with Crippen LogP contribution in [-0.2, 0) is 4.74 Å². The SMILES string of the molecule is C[C@@H](Oc1cc(-c2cnn(C3CCN(C(=O)OC(C)(C)C)CC3)c2)cn2ncc(C#N)c12)c1ncccc1F. The average molecular weight is 532 g/mol. The van der Waals surface area contributed by atoms with Crippen LogP contribution in [0.2, 0.25) is 0 Å². The number of carbonyl (C=O) groups excluding carboxylic acids is 1. The Hall–Kier alpha value is -4.46. The van der Waals surface area contributed by atoms with Gasteiger partial charge in [0.15, 0.2) is 0 Å². The zero-order valence-corrected chi connectivity index (χ0v) is 22.3. The standard InChI is InChI=1S/C28H30FN7O3/c1-18(25-23(29)6-5-9-31-25)38-24-12-19(16-36-26(24)20(13-30)14-33-36)21-15-32-35(17-21)22-7-10-34(11-8-22)27(37)39-28(2,3)4/h5-6,9,12,14-18,22H,7-8,10-11H2,1-4H3/t18-/m1/s1. The summed E-state index contributed by atoms with van der Waals surface area (Å²) < 4.78 is 29.5. The number of likely N-dealkylation sites (tertiary alicyclic amines) is 1. The molecule has 39 heavy (non-hydrogen) atoms. The molecule has 202 valence electrons. The van der Waals surface area contributed by atoms with Crippen molar-refractivity contribution in [2.75, 3.05) is 13.1 Å². The first kappa shape index (κ1) is 26.2. The van der Waals surface area contributed by atoms with Crippen molar-refractivity contribution in [1.82, 2.24) is 29.3 Å². The summed E-state index contributed by atoms with van der Waals surface area (Å²) in [6.45, 7) is 8.46. The molecule has 4 aromatic rings. The number of rotatable bonds is 5. The summed E-state index contributed by atoms with van der Waals surface area (Å²) in [7, 11) is 0. The highest BCUT2D eigenvalue weighted by Crippen LogP contribution is 2.34. The van der Waals surface area contributed by atoms with Crippen molar-refractivity contribution in [2.45, 2.75) is 58.3 Å². The second-order valence-electron chi connectivity index (χ2n) is 10.6. The number of hydrogen-bond acceptors (Lipinski definition) is 7. The van der Waals surface area contributed by atoms with Crippen LogP contribution in [0.5, 0.6) is 5.75 Å². The van der Waals surface area contributed by atoms with E-state index in [9.17, 15) is 14.4 Å². The van der Waals surface area contributed by atoms with E-state index in [0.717, 1.165) is 24.0 Å². The van der Waals surface area contributed by atoms with Crippen molar-refractivity contribution in [3.8, 4) is 22.9 Å². The van der Waals surface area contributed by atoms with Crippen LogP contribution in [0.4, 0.5) is 9.18 Å². The van der Waals surface area contributed by atoms with Crippen LogP contribution in [0.1, 0.15) is 63.9 Å². The van der Waals surface area contributed by atoms with Gasteiger partial charge < -0.3 is 14.4 Å². The number of piperidine rings is 1. The smallest absolute Gasteiger partial charge is 0.410 e. The van der Waals surface area contributed by atoms with E-state index in [1.807, 2.05) is 43.9 Å². The molecule has 1 amide bonds. The predicted octanol–water partition coefficient (Wildman–Crippen LogP) is 5.32. The van der Waals surface area contributed by atoms with Crippen LogP contribution >= 0.6 is 0 Å². The number of pyridine rings is 2. The van der Waals surface area contributed by atoms with Gasteiger partial charge in [-0.15, -0.1) is 0 Å². The highest BCUT2D eigenvalue weighted by atomic mass is 19.1. The minimum absolute atomic E-state index is 0.138. The summed E-state index contributed by atoms with van der Waals surface area (Å²) in [5.74, 6) is -0.0808. The van der Waals surface area contributed by atoms with Crippen molar-refractivity contribution >= 4 is 11.6 Å². The maximum absolute atomic E-state index is 14.4. The summed E-state index contributed by atoms with van der Waals surface area (Å²) >= 11 is 0. The van der Waals surface area contributed by atoms with Gasteiger partial charge in [-0.2, -0.15) is 15.5 Å². The van der Waals surface area contributed by atoms with Gasteiger partial charge in [-0.25, -0.2) is 13.7 Å². The number of ether oxygens (including phenoxy) is 2. The summed E-state index contributed by atoms with van der Waals surface area (Å²) in [6.07, 6.45) is 9.02. The molecular formula is C28H30FN7O3. The Morgan fingerprint density at radius 1 is 1.18 bits per heavy atom. The van der Waals surface area contributed by atoms with Gasteiger partial charge in [0.2, 0.25) is 0 Å². The van der Waals surface area contributed by atoms with Gasteiger partial charge >= 0.3 is 6.09 Å². The molecule has 4 aromatic heterocycles. The number of hydrogen-bond donors (Lipinski definition) is 0. The molecule has 0 N–H and O–H groups in total. The lowest BCUT2D eigenvalue weighted by atomic mass is 10.1. The van der Waals surface area contributed by atoms with E-state index in [2.05, 4.69) is 21.3 Å². The second kappa shape index (κ2) is 10.4. The maximum atomic E-state index is 14.4. The number of halogens is 1. The third kappa shape index (κ3) is 5.55. The number of carbonyl (C=O) groups is 1. The van der Waals surface area contributed by atoms with Gasteiger partial charge in [-0.1, -0.05) is 0 Å². The third-order valence-corrected chi connectivity index (χ3v) is 6.60. The topological polar surface area (TPSA) is 111 Å². The molecule has 0 spiro atoms. The van der Waals surface area contributed by atoms with Gasteiger partial charge in [0.25, 0.3) is 0 Å². The fourth-order valence-electron chi connectivity index (χ4n) is 4.68. The molecule has 0 saturated carbocycles. The molecule has 0 aromatic carbocycles. The molecule has 1 saturated heterocycles. The van der Waals surface area contributed by atoms with Gasteiger partial charge in [-0.05, 0) is 58.7 Å². The number of amides is 1. The summed E-state index contributed by atoms with van der Waals surface area (Å²) in [6, 6.07) is 6.94. The van der Waals surface area contributed by atoms with Gasteiger partial charge in [0, 0.05) is 42.8 Å². The van der Waals surface area contributed by atoms with Gasteiger partial charge in [0.05, 0.1) is 18.4 Å². The fraction of sp³-hybridized carbons (Fsp3) is 0.393. The summed E-state index contributed by atoms with van der Waals surface area (Å²) in [4.78, 5) is 18.3. The lowest BCUT2D eigenvalue weighted by molar-refractivity contribution is 0.0185. The monoisotopic (exact) mass is 531 g/mol. The van der Waals surface area contributed by atoms with Crippen molar-refractivity contribution in [1.29, 1.82) is 5.26 Å². The molecular weight excluding hydrogens is 501 g/mol. The van der Waals surface area contributed by atoms with Crippen LogP contribution < -0.4 is 4.74 Å². The van der Waals surface area contributed by atoms with Crippen molar-refractivity contribution in [2.24, 2.45) is 0 Å². The number of fused-ring (bicyclic) bond motifs is 1. The quantitative estimate of drug-likeness (QED) is 0.343. The highest BCUT2D eigenvalue weighted by molar-refractivity contribution is 5.75. The Labute approximate surface area is 225 Å². The van der Waals surface area contributed by atoms with E-state index in [1.54, 1.807) is 22.5 Å². The first-order chi connectivity index (χ1) is 18.6. The van der Waals surface area contributed by atoms with Crippen molar-refractivity contribution in [3.05, 3.63) is 66.3 Å². The predicted molar refractivity (Wildman–Crippen MR) is 140 cm³/mol. The van der Waals surface area contributed by atoms with E-state index < -0.39 is 17.5 Å². The number of aromatic nitrogens is 5. The second-order valence-corrected chi connectivity index (χ2v) is 10.6. The molecule has 1 aliphatic heterocycles. The van der Waals surface area contributed by atoms with Crippen LogP contribution in [0.25, 0.3) is 16.6 Å². The number of nitriles is 1. The molecule has 1 atom stereocenters. The third-order valence-electron chi connectivity index (χ3n) is 6.60. The zero-order chi connectivity index (χ0) is 27.7. The Bertz CT molecular complexity index is 1540. The van der Waals surface area contributed by atoms with Crippen LogP contribution in [-0.4, -0.2) is 54.1 Å². The lowest BCUT2D eigenvalue weighted by Gasteiger charge is -2.33. The molecule has 1 fully saturated rings. The summed E-state index contributed by atoms with van der Waals surface area (Å²) in [5.41, 5.74) is 2.09. The van der Waals surface area contributed by atoms with E-state index in [1.165, 1.54) is 24.5 Å². The van der Waals surface area contributed by atoms with E-state index in [-0.39, 0.29) is 17.8 Å². The molecule has 0 bridgehead atoms. The fourth-order valence-corrected chi connectivity index (χ4v) is 4.68. The van der Waals surface area contributed by atoms with Gasteiger partial charge in [-0.3, -0.25) is 9.67 Å². The molecule has 11 heteroatoms. The Balaban J connectivity index is 1.38. The van der Waals surface area contributed by atoms with E-state index >= 15 is 0 Å². The summed E-state index contributed by atoms with van der Waals surface area (Å²) in [5, 5.41) is 18.5. The number of nitrogens with zero attached hydrogens (tertiary/aromatic N) is 7. The Morgan fingerprint density at radius 3 is 2.64 bits per heavy atom. The first-order valence-electron chi connectivity index (χ1n) is 12.8. The largest absolute Gasteiger partial charge is 0.482 e. The van der Waals surface area contributed by atoms with Crippen LogP contribution in [0.15, 0.2) is 49.2 Å².